The van der Waals surface area contributed by atoms with Crippen molar-refractivity contribution in [1.82, 2.24) is 0 Å². The van der Waals surface area contributed by atoms with Gasteiger partial charge in [0.1, 0.15) is 4.75 Å². The number of halogens is 1. The number of hydrogen-bond acceptors (Lipinski definition) is 2. The van der Waals surface area contributed by atoms with Crippen molar-refractivity contribution in [2.75, 3.05) is 0 Å². The molecule has 2 fully saturated rings. The summed E-state index contributed by atoms with van der Waals surface area (Å²) in [4.78, 5) is 12.8. The smallest absolute Gasteiger partial charge is 0.320 e. The number of carboxylic acids is 1. The number of aliphatic carboxylic acids is 1. The Hall–Kier alpha value is -0.480. The zero-order valence-corrected chi connectivity index (χ0v) is 13.1. The lowest BCUT2D eigenvalue weighted by atomic mass is 9.60. The Morgan fingerprint density at radius 2 is 1.84 bits per heavy atom. The van der Waals surface area contributed by atoms with Gasteiger partial charge in [0.2, 0.25) is 0 Å². The first-order chi connectivity index (χ1) is 9.05. The highest BCUT2D eigenvalue weighted by Crippen LogP contribution is 2.64. The monoisotopic (exact) mass is 340 g/mol. The molecule has 1 N–H and O–H groups in total. The van der Waals surface area contributed by atoms with Gasteiger partial charge in [0.05, 0.1) is 0 Å². The quantitative estimate of drug-likeness (QED) is 0.864. The SMILES string of the molecule is O=C(O)C1(Sc2ccccc2Br)CC2(CCCC2)C1. The number of rotatable bonds is 3. The molecule has 3 rings (SSSR count). The zero-order valence-electron chi connectivity index (χ0n) is 10.7. The average Bonchev–Trinajstić information content (AvgIpc) is 2.80. The predicted octanol–water partition coefficient (Wildman–Crippen LogP) is 4.72. The second kappa shape index (κ2) is 4.81. The third-order valence-corrected chi connectivity index (χ3v) is 6.90. The Morgan fingerprint density at radius 3 is 2.42 bits per heavy atom. The van der Waals surface area contributed by atoms with E-state index in [0.29, 0.717) is 5.41 Å². The van der Waals surface area contributed by atoms with Crippen LogP contribution >= 0.6 is 27.7 Å². The van der Waals surface area contributed by atoms with Gasteiger partial charge in [0.15, 0.2) is 0 Å². The van der Waals surface area contributed by atoms with Crippen LogP contribution < -0.4 is 0 Å². The van der Waals surface area contributed by atoms with E-state index in [4.69, 9.17) is 0 Å². The van der Waals surface area contributed by atoms with Gasteiger partial charge in [0.25, 0.3) is 0 Å². The fraction of sp³-hybridized carbons (Fsp3) is 0.533. The lowest BCUT2D eigenvalue weighted by Gasteiger charge is -2.52. The van der Waals surface area contributed by atoms with Gasteiger partial charge in [-0.15, -0.1) is 11.8 Å². The summed E-state index contributed by atoms with van der Waals surface area (Å²) in [5.74, 6) is -0.647. The minimum atomic E-state index is -0.647. The topological polar surface area (TPSA) is 37.3 Å². The molecule has 0 atom stereocenters. The van der Waals surface area contributed by atoms with E-state index in [0.717, 1.165) is 22.2 Å². The molecule has 0 radical (unpaired) electrons. The second-order valence-corrected chi connectivity index (χ2v) is 8.17. The molecular weight excluding hydrogens is 324 g/mol. The molecule has 0 bridgehead atoms. The molecule has 4 heteroatoms. The maximum Gasteiger partial charge on any atom is 0.320 e. The van der Waals surface area contributed by atoms with E-state index in [1.807, 2.05) is 24.3 Å². The van der Waals surface area contributed by atoms with E-state index in [1.165, 1.54) is 37.4 Å². The van der Waals surface area contributed by atoms with Crippen molar-refractivity contribution in [3.8, 4) is 0 Å². The highest BCUT2D eigenvalue weighted by molar-refractivity contribution is 9.10. The van der Waals surface area contributed by atoms with E-state index < -0.39 is 10.7 Å². The fourth-order valence-electron chi connectivity index (χ4n) is 3.64. The normalized spacial score (nSPS) is 23.2. The molecule has 19 heavy (non-hydrogen) atoms. The molecule has 1 aromatic carbocycles. The van der Waals surface area contributed by atoms with Gasteiger partial charge in [-0.25, -0.2) is 0 Å². The predicted molar refractivity (Wildman–Crippen MR) is 80.5 cm³/mol. The van der Waals surface area contributed by atoms with Crippen LogP contribution in [0.2, 0.25) is 0 Å². The van der Waals surface area contributed by atoms with Gasteiger partial charge >= 0.3 is 5.97 Å². The first-order valence-electron chi connectivity index (χ1n) is 6.72. The van der Waals surface area contributed by atoms with Crippen LogP contribution in [0.25, 0.3) is 0 Å². The van der Waals surface area contributed by atoms with Crippen molar-refractivity contribution in [3.63, 3.8) is 0 Å². The van der Waals surface area contributed by atoms with Crippen LogP contribution in [-0.2, 0) is 4.79 Å². The lowest BCUT2D eigenvalue weighted by molar-refractivity contribution is -0.146. The van der Waals surface area contributed by atoms with Crippen molar-refractivity contribution in [2.45, 2.75) is 48.2 Å². The Balaban J connectivity index is 1.80. The summed E-state index contributed by atoms with van der Waals surface area (Å²) < 4.78 is 0.391. The molecule has 0 aromatic heterocycles. The van der Waals surface area contributed by atoms with Crippen LogP contribution in [0.5, 0.6) is 0 Å². The first kappa shape index (κ1) is 13.5. The Morgan fingerprint density at radius 1 is 1.21 bits per heavy atom. The van der Waals surface area contributed by atoms with Crippen molar-refractivity contribution >= 4 is 33.7 Å². The van der Waals surface area contributed by atoms with Crippen LogP contribution in [0.4, 0.5) is 0 Å². The Labute approximate surface area is 126 Å². The largest absolute Gasteiger partial charge is 0.480 e. The number of carboxylic acid groups (broad SMARTS) is 1. The molecule has 0 unspecified atom stereocenters. The second-order valence-electron chi connectivity index (χ2n) is 5.89. The molecule has 102 valence electrons. The summed E-state index contributed by atoms with van der Waals surface area (Å²) in [6.45, 7) is 0. The molecule has 0 heterocycles. The average molecular weight is 341 g/mol. The molecule has 0 amide bonds. The Bertz CT molecular complexity index is 501. The van der Waals surface area contributed by atoms with Crippen molar-refractivity contribution in [1.29, 1.82) is 0 Å². The minimum Gasteiger partial charge on any atom is -0.480 e. The zero-order chi connectivity index (χ0) is 13.5. The van der Waals surface area contributed by atoms with Gasteiger partial charge in [-0.3, -0.25) is 4.79 Å². The molecule has 1 spiro atoms. The molecule has 0 saturated heterocycles. The van der Waals surface area contributed by atoms with Crippen LogP contribution in [-0.4, -0.2) is 15.8 Å². The number of benzene rings is 1. The fourth-order valence-corrected chi connectivity index (χ4v) is 5.75. The van der Waals surface area contributed by atoms with Gasteiger partial charge in [-0.05, 0) is 59.2 Å². The third kappa shape index (κ3) is 2.33. The molecule has 2 aliphatic rings. The van der Waals surface area contributed by atoms with Crippen LogP contribution in [0.1, 0.15) is 38.5 Å². The van der Waals surface area contributed by atoms with Crippen LogP contribution in [0.3, 0.4) is 0 Å². The molecule has 2 nitrogen and oxygen atoms in total. The Kier molecular flexibility index (Phi) is 3.42. The maximum absolute atomic E-state index is 11.7. The first-order valence-corrected chi connectivity index (χ1v) is 8.33. The van der Waals surface area contributed by atoms with E-state index >= 15 is 0 Å². The van der Waals surface area contributed by atoms with Gasteiger partial charge < -0.3 is 5.11 Å². The summed E-state index contributed by atoms with van der Waals surface area (Å²) >= 11 is 5.04. The summed E-state index contributed by atoms with van der Waals surface area (Å²) in [6.07, 6.45) is 6.66. The van der Waals surface area contributed by atoms with Crippen molar-refractivity contribution < 1.29 is 9.90 Å². The molecule has 2 saturated carbocycles. The van der Waals surface area contributed by atoms with Crippen molar-refractivity contribution in [2.24, 2.45) is 5.41 Å². The van der Waals surface area contributed by atoms with Crippen molar-refractivity contribution in [3.05, 3.63) is 28.7 Å². The van der Waals surface area contributed by atoms with E-state index in [9.17, 15) is 9.90 Å². The molecule has 2 aliphatic carbocycles. The van der Waals surface area contributed by atoms with E-state index in [1.54, 1.807) is 0 Å². The van der Waals surface area contributed by atoms with Gasteiger partial charge in [-0.1, -0.05) is 25.0 Å². The van der Waals surface area contributed by atoms with E-state index in [-0.39, 0.29) is 0 Å². The van der Waals surface area contributed by atoms with E-state index in [2.05, 4.69) is 15.9 Å². The van der Waals surface area contributed by atoms with Gasteiger partial charge in [-0.2, -0.15) is 0 Å². The number of hydrogen-bond donors (Lipinski definition) is 1. The molecule has 1 aromatic rings. The highest BCUT2D eigenvalue weighted by atomic mass is 79.9. The standard InChI is InChI=1S/C15H17BrO2S/c16-11-5-1-2-6-12(11)19-15(13(17)18)9-14(10-15)7-3-4-8-14/h1-2,5-6H,3-4,7-10H2,(H,17,18). The summed E-state index contributed by atoms with van der Waals surface area (Å²) in [5, 5.41) is 9.64. The summed E-state index contributed by atoms with van der Waals surface area (Å²) in [5.41, 5.74) is 0.340. The number of carbonyl (C=O) groups is 1. The van der Waals surface area contributed by atoms with Gasteiger partial charge in [0, 0.05) is 9.37 Å². The molecular formula is C15H17BrO2S. The van der Waals surface area contributed by atoms with Crippen LogP contribution in [0.15, 0.2) is 33.6 Å². The highest BCUT2D eigenvalue weighted by Gasteiger charge is 2.60. The number of thioether (sulfide) groups is 1. The minimum absolute atomic E-state index is 0.340. The maximum atomic E-state index is 11.7. The lowest BCUT2D eigenvalue weighted by Crippen LogP contribution is -2.53. The van der Waals surface area contributed by atoms with Crippen LogP contribution in [0, 0.1) is 5.41 Å². The summed E-state index contributed by atoms with van der Waals surface area (Å²) in [6, 6.07) is 7.90. The summed E-state index contributed by atoms with van der Waals surface area (Å²) in [7, 11) is 0. The third-order valence-electron chi connectivity index (χ3n) is 4.52. The molecule has 0 aliphatic heterocycles.